The minimum absolute atomic E-state index is 0.0285. The molecule has 1 saturated heterocycles. The summed E-state index contributed by atoms with van der Waals surface area (Å²) in [6, 6.07) is 9.16. The van der Waals surface area contributed by atoms with Crippen molar-refractivity contribution >= 4 is 6.09 Å². The number of amides is 1. The SMILES string of the molecule is CC(C)(C)OC(=O)N1CCOCC1CNC1CCc2ccccc2C1. The van der Waals surface area contributed by atoms with Crippen molar-refractivity contribution in [2.24, 2.45) is 0 Å². The number of carbonyl (C=O) groups is 1. The fourth-order valence-corrected chi connectivity index (χ4v) is 3.56. The Morgan fingerprint density at radius 2 is 2.08 bits per heavy atom. The highest BCUT2D eigenvalue weighted by Gasteiger charge is 2.31. The summed E-state index contributed by atoms with van der Waals surface area (Å²) in [5, 5.41) is 3.65. The zero-order valence-corrected chi connectivity index (χ0v) is 15.6. The van der Waals surface area contributed by atoms with Gasteiger partial charge in [0.1, 0.15) is 5.60 Å². The summed E-state index contributed by atoms with van der Waals surface area (Å²) in [5.41, 5.74) is 2.44. The Bertz CT molecular complexity index is 597. The van der Waals surface area contributed by atoms with Crippen LogP contribution in [-0.2, 0) is 22.3 Å². The minimum atomic E-state index is -0.472. The second-order valence-corrected chi connectivity index (χ2v) is 8.02. The summed E-state index contributed by atoms with van der Waals surface area (Å²) < 4.78 is 11.1. The molecule has 5 nitrogen and oxygen atoms in total. The molecule has 1 fully saturated rings. The van der Waals surface area contributed by atoms with Crippen molar-refractivity contribution < 1.29 is 14.3 Å². The highest BCUT2D eigenvalue weighted by Crippen LogP contribution is 2.21. The normalized spacial score (nSPS) is 23.9. The molecule has 1 heterocycles. The number of hydrogen-bond acceptors (Lipinski definition) is 4. The first-order valence-electron chi connectivity index (χ1n) is 9.30. The van der Waals surface area contributed by atoms with Crippen LogP contribution in [-0.4, -0.2) is 55.0 Å². The molecule has 138 valence electrons. The molecule has 0 aromatic heterocycles. The van der Waals surface area contributed by atoms with Crippen LogP contribution < -0.4 is 5.32 Å². The topological polar surface area (TPSA) is 50.8 Å². The largest absolute Gasteiger partial charge is 0.444 e. The Kier molecular flexibility index (Phi) is 5.64. The first kappa shape index (κ1) is 18.2. The van der Waals surface area contributed by atoms with Gasteiger partial charge in [-0.05, 0) is 51.2 Å². The first-order valence-corrected chi connectivity index (χ1v) is 9.30. The molecule has 1 aromatic rings. The second kappa shape index (κ2) is 7.75. The van der Waals surface area contributed by atoms with Gasteiger partial charge in [-0.15, -0.1) is 0 Å². The lowest BCUT2D eigenvalue weighted by Gasteiger charge is -2.37. The molecular formula is C20H30N2O3. The van der Waals surface area contributed by atoms with Gasteiger partial charge >= 0.3 is 6.09 Å². The van der Waals surface area contributed by atoms with E-state index in [9.17, 15) is 4.79 Å². The number of fused-ring (bicyclic) bond motifs is 1. The van der Waals surface area contributed by atoms with E-state index in [2.05, 4.69) is 29.6 Å². The molecule has 2 atom stereocenters. The lowest BCUT2D eigenvalue weighted by atomic mass is 9.88. The lowest BCUT2D eigenvalue weighted by molar-refractivity contribution is -0.0322. The van der Waals surface area contributed by atoms with E-state index in [1.165, 1.54) is 11.1 Å². The molecule has 25 heavy (non-hydrogen) atoms. The van der Waals surface area contributed by atoms with Gasteiger partial charge in [-0.2, -0.15) is 0 Å². The molecule has 0 spiro atoms. The van der Waals surface area contributed by atoms with Gasteiger partial charge in [0.05, 0.1) is 19.3 Å². The van der Waals surface area contributed by atoms with E-state index in [0.717, 1.165) is 25.8 Å². The molecule has 1 aliphatic carbocycles. The Morgan fingerprint density at radius 1 is 1.32 bits per heavy atom. The molecule has 0 saturated carbocycles. The summed E-state index contributed by atoms with van der Waals surface area (Å²) in [7, 11) is 0. The molecule has 1 aliphatic heterocycles. The van der Waals surface area contributed by atoms with Crippen LogP contribution in [0.15, 0.2) is 24.3 Å². The molecule has 1 aromatic carbocycles. The lowest BCUT2D eigenvalue weighted by Crippen LogP contribution is -2.55. The number of ether oxygens (including phenoxy) is 2. The molecular weight excluding hydrogens is 316 g/mol. The van der Waals surface area contributed by atoms with Gasteiger partial charge < -0.3 is 14.8 Å². The van der Waals surface area contributed by atoms with Crippen molar-refractivity contribution in [1.29, 1.82) is 0 Å². The van der Waals surface area contributed by atoms with Crippen LogP contribution >= 0.6 is 0 Å². The standard InChI is InChI=1S/C20H30N2O3/c1-20(2,3)25-19(23)22-10-11-24-14-18(22)13-21-17-9-8-15-6-4-5-7-16(15)12-17/h4-7,17-18,21H,8-14H2,1-3H3. The Morgan fingerprint density at radius 3 is 2.84 bits per heavy atom. The molecule has 3 rings (SSSR count). The van der Waals surface area contributed by atoms with Crippen LogP contribution in [0.4, 0.5) is 4.79 Å². The van der Waals surface area contributed by atoms with Gasteiger partial charge in [-0.25, -0.2) is 4.79 Å². The van der Waals surface area contributed by atoms with Crippen LogP contribution in [0.25, 0.3) is 0 Å². The molecule has 0 radical (unpaired) electrons. The fraction of sp³-hybridized carbons (Fsp3) is 0.650. The monoisotopic (exact) mass is 346 g/mol. The van der Waals surface area contributed by atoms with E-state index in [0.29, 0.717) is 25.8 Å². The third kappa shape index (κ3) is 4.95. The Balaban J connectivity index is 1.55. The van der Waals surface area contributed by atoms with Crippen molar-refractivity contribution in [3.8, 4) is 0 Å². The average Bonchev–Trinajstić information content (AvgIpc) is 2.58. The number of aryl methyl sites for hydroxylation is 1. The highest BCUT2D eigenvalue weighted by atomic mass is 16.6. The van der Waals surface area contributed by atoms with Gasteiger partial charge in [0.15, 0.2) is 0 Å². The third-order valence-corrected chi connectivity index (χ3v) is 4.84. The van der Waals surface area contributed by atoms with Crippen molar-refractivity contribution in [2.75, 3.05) is 26.3 Å². The number of hydrogen-bond donors (Lipinski definition) is 1. The number of rotatable bonds is 3. The van der Waals surface area contributed by atoms with E-state index >= 15 is 0 Å². The van der Waals surface area contributed by atoms with Crippen molar-refractivity contribution in [1.82, 2.24) is 10.2 Å². The maximum Gasteiger partial charge on any atom is 0.410 e. The first-order chi connectivity index (χ1) is 11.9. The maximum absolute atomic E-state index is 12.5. The molecule has 1 N–H and O–H groups in total. The summed E-state index contributed by atoms with van der Waals surface area (Å²) in [5.74, 6) is 0. The molecule has 2 aliphatic rings. The van der Waals surface area contributed by atoms with Gasteiger partial charge in [0.2, 0.25) is 0 Å². The van der Waals surface area contributed by atoms with Crippen molar-refractivity contribution in [3.05, 3.63) is 35.4 Å². The number of nitrogens with zero attached hydrogens (tertiary/aromatic N) is 1. The number of benzene rings is 1. The van der Waals surface area contributed by atoms with Crippen LogP contribution in [0.2, 0.25) is 0 Å². The van der Waals surface area contributed by atoms with Crippen LogP contribution in [0.5, 0.6) is 0 Å². The summed E-state index contributed by atoms with van der Waals surface area (Å²) >= 11 is 0. The fourth-order valence-electron chi connectivity index (χ4n) is 3.56. The van der Waals surface area contributed by atoms with E-state index in [4.69, 9.17) is 9.47 Å². The highest BCUT2D eigenvalue weighted by molar-refractivity contribution is 5.68. The predicted molar refractivity (Wildman–Crippen MR) is 97.8 cm³/mol. The summed E-state index contributed by atoms with van der Waals surface area (Å²) in [6.45, 7) is 8.18. The zero-order chi connectivity index (χ0) is 17.9. The summed E-state index contributed by atoms with van der Waals surface area (Å²) in [6.07, 6.45) is 3.06. The maximum atomic E-state index is 12.5. The van der Waals surface area contributed by atoms with E-state index in [-0.39, 0.29) is 12.1 Å². The average molecular weight is 346 g/mol. The van der Waals surface area contributed by atoms with Gasteiger partial charge in [-0.1, -0.05) is 24.3 Å². The molecule has 5 heteroatoms. The minimum Gasteiger partial charge on any atom is -0.444 e. The quantitative estimate of drug-likeness (QED) is 0.914. The van der Waals surface area contributed by atoms with Crippen LogP contribution in [0.3, 0.4) is 0 Å². The smallest absolute Gasteiger partial charge is 0.410 e. The van der Waals surface area contributed by atoms with E-state index in [1.54, 1.807) is 0 Å². The van der Waals surface area contributed by atoms with Gasteiger partial charge in [-0.3, -0.25) is 4.90 Å². The Labute approximate surface area is 150 Å². The Hall–Kier alpha value is -1.59. The molecule has 1 amide bonds. The van der Waals surface area contributed by atoms with Crippen LogP contribution in [0.1, 0.15) is 38.3 Å². The number of morpholine rings is 1. The number of nitrogens with one attached hydrogen (secondary N) is 1. The molecule has 2 unspecified atom stereocenters. The van der Waals surface area contributed by atoms with Gasteiger partial charge in [0, 0.05) is 19.1 Å². The zero-order valence-electron chi connectivity index (χ0n) is 15.6. The third-order valence-electron chi connectivity index (χ3n) is 4.84. The van der Waals surface area contributed by atoms with Crippen LogP contribution in [0, 0.1) is 0 Å². The van der Waals surface area contributed by atoms with Crippen molar-refractivity contribution in [3.63, 3.8) is 0 Å². The van der Waals surface area contributed by atoms with Gasteiger partial charge in [0.25, 0.3) is 0 Å². The van der Waals surface area contributed by atoms with E-state index < -0.39 is 5.60 Å². The summed E-state index contributed by atoms with van der Waals surface area (Å²) in [4.78, 5) is 14.3. The van der Waals surface area contributed by atoms with E-state index in [1.807, 2.05) is 25.7 Å². The number of carbonyl (C=O) groups excluding carboxylic acids is 1. The predicted octanol–water partition coefficient (Wildman–Crippen LogP) is 2.77. The molecule has 0 bridgehead atoms. The second-order valence-electron chi connectivity index (χ2n) is 8.02. The van der Waals surface area contributed by atoms with Crippen molar-refractivity contribution in [2.45, 2.75) is 57.7 Å².